The number of alkyl carbamates (subject to hydrolysis) is 1. The van der Waals surface area contributed by atoms with Gasteiger partial charge in [-0.3, -0.25) is 9.59 Å². The number of hydrogen-bond donors (Lipinski definition) is 3. The van der Waals surface area contributed by atoms with Crippen molar-refractivity contribution in [3.05, 3.63) is 59.7 Å². The Labute approximate surface area is 180 Å². The molecule has 0 heterocycles. The smallest absolute Gasteiger partial charge is 0.407 e. The van der Waals surface area contributed by atoms with Crippen molar-refractivity contribution < 1.29 is 24.2 Å². The van der Waals surface area contributed by atoms with Crippen molar-refractivity contribution in [3.63, 3.8) is 0 Å². The van der Waals surface area contributed by atoms with Gasteiger partial charge in [0.25, 0.3) is 0 Å². The maximum Gasteiger partial charge on any atom is 0.407 e. The van der Waals surface area contributed by atoms with Crippen molar-refractivity contribution in [2.24, 2.45) is 0 Å². The van der Waals surface area contributed by atoms with Gasteiger partial charge in [-0.2, -0.15) is 0 Å². The molecule has 2 aliphatic carbocycles. The number of carboxylic acids is 1. The van der Waals surface area contributed by atoms with Gasteiger partial charge in [0.2, 0.25) is 5.91 Å². The predicted octanol–water partition coefficient (Wildman–Crippen LogP) is 3.43. The quantitative estimate of drug-likeness (QED) is 0.605. The van der Waals surface area contributed by atoms with Crippen molar-refractivity contribution in [3.8, 4) is 11.1 Å². The van der Waals surface area contributed by atoms with Crippen molar-refractivity contribution in [2.75, 3.05) is 6.61 Å². The lowest BCUT2D eigenvalue weighted by molar-refractivity contribution is -0.138. The Morgan fingerprint density at radius 3 is 2.19 bits per heavy atom. The molecule has 2 aromatic carbocycles. The zero-order valence-electron chi connectivity index (χ0n) is 17.4. The summed E-state index contributed by atoms with van der Waals surface area (Å²) < 4.78 is 5.50. The molecule has 2 amide bonds. The molecular formula is C24H26N2O5. The molecule has 1 saturated carbocycles. The Morgan fingerprint density at radius 2 is 1.65 bits per heavy atom. The van der Waals surface area contributed by atoms with Gasteiger partial charge in [0.15, 0.2) is 0 Å². The predicted molar refractivity (Wildman–Crippen MR) is 115 cm³/mol. The first-order valence-corrected chi connectivity index (χ1v) is 10.5. The minimum atomic E-state index is -0.928. The van der Waals surface area contributed by atoms with Crippen LogP contribution in [0.5, 0.6) is 0 Å². The van der Waals surface area contributed by atoms with E-state index in [-0.39, 0.29) is 31.3 Å². The molecule has 1 unspecified atom stereocenters. The van der Waals surface area contributed by atoms with Gasteiger partial charge in [-0.25, -0.2) is 4.79 Å². The molecule has 0 radical (unpaired) electrons. The van der Waals surface area contributed by atoms with Crippen molar-refractivity contribution >= 4 is 18.0 Å². The number of aliphatic carboxylic acids is 1. The standard InChI is InChI=1S/C24H26N2O5/c1-15(12-21(27)26-24(10-11-24)13-22(28)29)25-23(30)31-14-20-18-8-4-2-6-16(18)17-7-3-5-9-19(17)20/h2-9,15,20H,10-14H2,1H3,(H,25,30)(H,26,27)(H,28,29). The third-order valence-electron chi connectivity index (χ3n) is 5.95. The summed E-state index contributed by atoms with van der Waals surface area (Å²) in [4.78, 5) is 35.4. The molecule has 3 N–H and O–H groups in total. The molecule has 162 valence electrons. The first-order chi connectivity index (χ1) is 14.9. The molecule has 1 atom stereocenters. The summed E-state index contributed by atoms with van der Waals surface area (Å²) in [6, 6.07) is 15.8. The molecule has 0 saturated heterocycles. The second-order valence-electron chi connectivity index (χ2n) is 8.47. The van der Waals surface area contributed by atoms with Crippen LogP contribution in [0.3, 0.4) is 0 Å². The molecule has 0 bridgehead atoms. The summed E-state index contributed by atoms with van der Waals surface area (Å²) >= 11 is 0. The van der Waals surface area contributed by atoms with E-state index in [1.54, 1.807) is 6.92 Å². The van der Waals surface area contributed by atoms with Crippen LogP contribution in [-0.2, 0) is 14.3 Å². The van der Waals surface area contributed by atoms with Gasteiger partial charge in [0.1, 0.15) is 6.61 Å². The van der Waals surface area contributed by atoms with Gasteiger partial charge in [-0.15, -0.1) is 0 Å². The van der Waals surface area contributed by atoms with Gasteiger partial charge in [-0.05, 0) is 42.0 Å². The summed E-state index contributed by atoms with van der Waals surface area (Å²) in [7, 11) is 0. The third kappa shape index (κ3) is 4.71. The van der Waals surface area contributed by atoms with E-state index in [0.29, 0.717) is 12.8 Å². The van der Waals surface area contributed by atoms with Gasteiger partial charge in [-0.1, -0.05) is 48.5 Å². The Kier molecular flexibility index (Phi) is 5.67. The van der Waals surface area contributed by atoms with Crippen LogP contribution in [0.1, 0.15) is 49.7 Å². The second kappa shape index (κ2) is 8.41. The van der Waals surface area contributed by atoms with Crippen LogP contribution in [0.4, 0.5) is 4.79 Å². The van der Waals surface area contributed by atoms with Crippen molar-refractivity contribution in [2.45, 2.75) is 50.1 Å². The minimum Gasteiger partial charge on any atom is -0.481 e. The summed E-state index contributed by atoms with van der Waals surface area (Å²) in [6.45, 7) is 1.93. The monoisotopic (exact) mass is 422 g/mol. The molecule has 1 fully saturated rings. The lowest BCUT2D eigenvalue weighted by atomic mass is 9.98. The number of ether oxygens (including phenoxy) is 1. The van der Waals surface area contributed by atoms with Crippen LogP contribution in [0, 0.1) is 0 Å². The lowest BCUT2D eigenvalue weighted by Crippen LogP contribution is -2.43. The van der Waals surface area contributed by atoms with E-state index < -0.39 is 23.6 Å². The summed E-state index contributed by atoms with van der Waals surface area (Å²) in [5, 5.41) is 14.4. The average molecular weight is 422 g/mol. The zero-order valence-corrected chi connectivity index (χ0v) is 17.4. The second-order valence-corrected chi connectivity index (χ2v) is 8.47. The third-order valence-corrected chi connectivity index (χ3v) is 5.95. The Morgan fingerprint density at radius 1 is 1.06 bits per heavy atom. The molecule has 4 rings (SSSR count). The van der Waals surface area contributed by atoms with E-state index in [2.05, 4.69) is 34.9 Å². The van der Waals surface area contributed by atoms with Crippen LogP contribution in [0.25, 0.3) is 11.1 Å². The fourth-order valence-corrected chi connectivity index (χ4v) is 4.30. The molecule has 7 heteroatoms. The van der Waals surface area contributed by atoms with Crippen LogP contribution in [0.15, 0.2) is 48.5 Å². The normalized spacial score (nSPS) is 16.5. The number of carbonyl (C=O) groups is 3. The molecule has 7 nitrogen and oxygen atoms in total. The zero-order chi connectivity index (χ0) is 22.0. The number of rotatable bonds is 8. The van der Waals surface area contributed by atoms with E-state index >= 15 is 0 Å². The molecular weight excluding hydrogens is 396 g/mol. The van der Waals surface area contributed by atoms with Gasteiger partial charge < -0.3 is 20.5 Å². The molecule has 31 heavy (non-hydrogen) atoms. The molecule has 2 aliphatic rings. The van der Waals surface area contributed by atoms with Gasteiger partial charge in [0.05, 0.1) is 12.0 Å². The number of benzene rings is 2. The Bertz CT molecular complexity index is 969. The van der Waals surface area contributed by atoms with E-state index in [9.17, 15) is 14.4 Å². The van der Waals surface area contributed by atoms with Crippen LogP contribution in [-0.4, -0.2) is 41.3 Å². The van der Waals surface area contributed by atoms with E-state index in [4.69, 9.17) is 9.84 Å². The molecule has 0 spiro atoms. The molecule has 0 aromatic heterocycles. The number of fused-ring (bicyclic) bond motifs is 3. The van der Waals surface area contributed by atoms with Crippen LogP contribution >= 0.6 is 0 Å². The van der Waals surface area contributed by atoms with E-state index in [0.717, 1.165) is 22.3 Å². The largest absolute Gasteiger partial charge is 0.481 e. The number of hydrogen-bond acceptors (Lipinski definition) is 4. The number of carbonyl (C=O) groups excluding carboxylic acids is 2. The minimum absolute atomic E-state index is 0.0255. The summed E-state index contributed by atoms with van der Waals surface area (Å²) in [5.74, 6) is -1.23. The van der Waals surface area contributed by atoms with Gasteiger partial charge >= 0.3 is 12.1 Å². The summed E-state index contributed by atoms with van der Waals surface area (Å²) in [6.07, 6.45) is 0.741. The summed E-state index contributed by atoms with van der Waals surface area (Å²) in [5.41, 5.74) is 3.97. The highest BCUT2D eigenvalue weighted by Gasteiger charge is 2.45. The lowest BCUT2D eigenvalue weighted by Gasteiger charge is -2.19. The maximum absolute atomic E-state index is 12.3. The highest BCUT2D eigenvalue weighted by molar-refractivity contribution is 5.81. The van der Waals surface area contributed by atoms with Crippen LogP contribution in [0.2, 0.25) is 0 Å². The first-order valence-electron chi connectivity index (χ1n) is 10.5. The molecule has 2 aromatic rings. The maximum atomic E-state index is 12.3. The fourth-order valence-electron chi connectivity index (χ4n) is 4.30. The van der Waals surface area contributed by atoms with Crippen LogP contribution < -0.4 is 10.6 Å². The van der Waals surface area contributed by atoms with E-state index in [1.807, 2.05) is 24.3 Å². The Hall–Kier alpha value is -3.35. The topological polar surface area (TPSA) is 105 Å². The fraction of sp³-hybridized carbons (Fsp3) is 0.375. The highest BCUT2D eigenvalue weighted by Crippen LogP contribution is 2.44. The van der Waals surface area contributed by atoms with E-state index in [1.165, 1.54) is 0 Å². The van der Waals surface area contributed by atoms with Crippen molar-refractivity contribution in [1.29, 1.82) is 0 Å². The highest BCUT2D eigenvalue weighted by atomic mass is 16.5. The number of nitrogens with one attached hydrogen (secondary N) is 2. The van der Waals surface area contributed by atoms with Crippen molar-refractivity contribution in [1.82, 2.24) is 10.6 Å². The number of amides is 2. The van der Waals surface area contributed by atoms with Gasteiger partial charge in [0, 0.05) is 18.4 Å². The SMILES string of the molecule is CC(CC(=O)NC1(CC(=O)O)CC1)NC(=O)OCC1c2ccccc2-c2ccccc21. The first kappa shape index (κ1) is 20.9. The Balaban J connectivity index is 1.29. The number of carboxylic acid groups (broad SMARTS) is 1. The average Bonchev–Trinajstić information content (AvgIpc) is 3.37. The molecule has 0 aliphatic heterocycles.